The Balaban J connectivity index is 0. The van der Waals surface area contributed by atoms with Crippen molar-refractivity contribution >= 4 is 8.25 Å². The van der Waals surface area contributed by atoms with Crippen LogP contribution in [0, 0.1) is 0 Å². The summed E-state index contributed by atoms with van der Waals surface area (Å²) >= 11 is 0. The van der Waals surface area contributed by atoms with Crippen molar-refractivity contribution in [1.82, 2.24) is 0 Å². The minimum Gasteiger partial charge on any atom is -0.565 e. The monoisotopic (exact) mass is 119 g/mol. The van der Waals surface area contributed by atoms with Crippen molar-refractivity contribution < 1.29 is 48.9 Å². The van der Waals surface area contributed by atoms with Crippen LogP contribution in [0.2, 0.25) is 0 Å². The van der Waals surface area contributed by atoms with Crippen molar-refractivity contribution in [1.29, 1.82) is 0 Å². The molecule has 0 saturated carbocycles. The Labute approximate surface area is 57.3 Å². The third kappa shape index (κ3) is 8.88. The van der Waals surface area contributed by atoms with E-state index in [1.807, 2.05) is 0 Å². The van der Waals surface area contributed by atoms with E-state index in [1.165, 1.54) is 0 Å². The first-order valence-corrected chi connectivity index (χ1v) is 1.83. The minimum absolute atomic E-state index is 0. The largest absolute Gasteiger partial charge is 1.00 e. The van der Waals surface area contributed by atoms with E-state index >= 15 is 0 Å². The van der Waals surface area contributed by atoms with Gasteiger partial charge in [0.25, 0.3) is 0 Å². The van der Waals surface area contributed by atoms with Gasteiger partial charge in [-0.1, -0.05) is 0 Å². The van der Waals surface area contributed by atoms with Crippen molar-refractivity contribution in [3.8, 4) is 0 Å². The summed E-state index contributed by atoms with van der Waals surface area (Å²) < 4.78 is 11.6. The zero-order valence-corrected chi connectivity index (χ0v) is 6.01. The van der Waals surface area contributed by atoms with Crippen LogP contribution >= 0.6 is 8.25 Å². The molecule has 0 rings (SSSR count). The summed E-state index contributed by atoms with van der Waals surface area (Å²) in [5, 5.41) is 7.05. The van der Waals surface area contributed by atoms with Crippen molar-refractivity contribution in [2.24, 2.45) is 0 Å². The first kappa shape index (κ1) is 10.1. The predicted octanol–water partition coefficient (Wildman–Crippen LogP) is -3.50. The maximum Gasteiger partial charge on any atom is 1.00 e. The topological polar surface area (TPSA) is 69.6 Å². The standard InChI is InChI=1S/Na.HO4P/c;1-4-5(2)3/h;1H/q+1;. The maximum absolute atomic E-state index is 8.93. The van der Waals surface area contributed by atoms with E-state index < -0.39 is 8.25 Å². The van der Waals surface area contributed by atoms with Crippen molar-refractivity contribution in [2.45, 2.75) is 0 Å². The fourth-order valence-electron chi connectivity index (χ4n) is 0. The third-order valence-electron chi connectivity index (χ3n) is 0.0667. The van der Waals surface area contributed by atoms with Gasteiger partial charge in [-0.2, -0.15) is 0 Å². The number of hydrogen-bond acceptors (Lipinski definition) is 4. The van der Waals surface area contributed by atoms with Gasteiger partial charge in [-0.15, -0.1) is 0 Å². The van der Waals surface area contributed by atoms with Crippen LogP contribution in [0.3, 0.4) is 0 Å². The van der Waals surface area contributed by atoms with Crippen LogP contribution in [-0.2, 0) is 9.24 Å². The molecule has 0 aliphatic carbocycles. The summed E-state index contributed by atoms with van der Waals surface area (Å²) in [4.78, 5) is 8.93. The van der Waals surface area contributed by atoms with Crippen LogP contribution in [0.25, 0.3) is 0 Å². The molecule has 0 saturated heterocycles. The second-order valence-corrected chi connectivity index (χ2v) is 0.916. The maximum atomic E-state index is 8.93. The Morgan fingerprint density at radius 3 is 2.00 bits per heavy atom. The van der Waals surface area contributed by atoms with Gasteiger partial charge < -0.3 is 4.89 Å². The third-order valence-corrected chi connectivity index (χ3v) is 0.200. The molecule has 0 aliphatic rings. The van der Waals surface area contributed by atoms with Gasteiger partial charge in [0.2, 0.25) is 0 Å². The van der Waals surface area contributed by atoms with E-state index in [9.17, 15) is 0 Å². The van der Waals surface area contributed by atoms with Gasteiger partial charge in [0.1, 0.15) is 0 Å². The van der Waals surface area contributed by atoms with Crippen molar-refractivity contribution in [3.63, 3.8) is 0 Å². The molecule has 0 spiro atoms. The summed E-state index contributed by atoms with van der Waals surface area (Å²) in [7, 11) is -3.04. The first-order chi connectivity index (χ1) is 2.27. The molecule has 30 valence electrons. The average Bonchev–Trinajstić information content (AvgIpc) is 1.38. The van der Waals surface area contributed by atoms with Gasteiger partial charge in [0.05, 0.1) is 0 Å². The molecule has 0 radical (unpaired) electrons. The predicted molar refractivity (Wildman–Crippen MR) is 11.3 cm³/mol. The van der Waals surface area contributed by atoms with Crippen LogP contribution in [0.5, 0.6) is 0 Å². The normalized spacial score (nSPS) is 9.33. The molecule has 1 N–H and O–H groups in total. The Morgan fingerprint density at radius 2 is 2.00 bits per heavy atom. The van der Waals surface area contributed by atoms with Gasteiger partial charge in [0.15, 0.2) is 0 Å². The van der Waals surface area contributed by atoms with Crippen molar-refractivity contribution in [3.05, 3.63) is 0 Å². The van der Waals surface area contributed by atoms with Crippen LogP contribution < -0.4 is 34.5 Å². The van der Waals surface area contributed by atoms with Gasteiger partial charge >= 0.3 is 37.8 Å². The zero-order valence-electron chi connectivity index (χ0n) is 3.12. The van der Waals surface area contributed by atoms with E-state index in [-0.39, 0.29) is 29.6 Å². The summed E-state index contributed by atoms with van der Waals surface area (Å²) in [6.45, 7) is 0. The molecule has 1 atom stereocenters. The van der Waals surface area contributed by atoms with Gasteiger partial charge in [-0.25, -0.2) is 5.26 Å². The molecule has 0 heterocycles. The van der Waals surface area contributed by atoms with Gasteiger partial charge in [-0.3, -0.25) is 0 Å². The molecule has 0 bridgehead atoms. The van der Waals surface area contributed by atoms with E-state index in [0.29, 0.717) is 0 Å². The Kier molecular flexibility index (Phi) is 10.0. The smallest absolute Gasteiger partial charge is 0.565 e. The average molecular weight is 119 g/mol. The molecule has 1 unspecified atom stereocenters. The van der Waals surface area contributed by atoms with Crippen molar-refractivity contribution in [2.75, 3.05) is 0 Å². The molecular weight excluding hydrogens is 118 g/mol. The quantitative estimate of drug-likeness (QED) is 0.168. The van der Waals surface area contributed by atoms with E-state index in [1.54, 1.807) is 0 Å². The zero-order chi connectivity index (χ0) is 4.28. The summed E-state index contributed by atoms with van der Waals surface area (Å²) in [5.41, 5.74) is 0. The molecule has 0 amide bonds. The number of hydrogen-bond donors (Lipinski definition) is 1. The van der Waals surface area contributed by atoms with Crippen LogP contribution in [0.4, 0.5) is 0 Å². The second kappa shape index (κ2) is 5.98. The van der Waals surface area contributed by atoms with Crippen LogP contribution in [-0.4, -0.2) is 5.26 Å². The first-order valence-electron chi connectivity index (χ1n) is 0.730. The molecule has 0 aromatic heterocycles. The number of rotatable bonds is 1. The summed E-state index contributed by atoms with van der Waals surface area (Å²) in [5.74, 6) is 0. The Hall–Kier alpha value is 0.980. The summed E-state index contributed by atoms with van der Waals surface area (Å²) in [6, 6.07) is 0. The molecule has 6 heavy (non-hydrogen) atoms. The molecule has 0 aromatic carbocycles. The van der Waals surface area contributed by atoms with E-state index in [2.05, 4.69) is 4.67 Å². The molecule has 0 fully saturated rings. The second-order valence-electron chi connectivity index (χ2n) is 0.305. The Morgan fingerprint density at radius 1 is 1.83 bits per heavy atom. The fourth-order valence-corrected chi connectivity index (χ4v) is 0. The molecule has 4 nitrogen and oxygen atoms in total. The van der Waals surface area contributed by atoms with Crippen LogP contribution in [0.1, 0.15) is 0 Å². The van der Waals surface area contributed by atoms with Gasteiger partial charge in [0, 0.05) is 4.67 Å². The fraction of sp³-hybridized carbons (Fsp3) is 0. The molecule has 0 aromatic rings. The minimum atomic E-state index is -3.04. The van der Waals surface area contributed by atoms with Crippen LogP contribution in [0.15, 0.2) is 0 Å². The SMILES string of the molecule is O=[P+]([O-])OO.[Na+]. The van der Waals surface area contributed by atoms with Gasteiger partial charge in [-0.05, 0) is 4.57 Å². The van der Waals surface area contributed by atoms with E-state index in [0.717, 1.165) is 0 Å². The Bertz CT molecular complexity index is 42.8. The molecule has 0 aliphatic heterocycles. The summed E-state index contributed by atoms with van der Waals surface area (Å²) in [6.07, 6.45) is 0. The molecular formula is HNaO4P+. The van der Waals surface area contributed by atoms with E-state index in [4.69, 9.17) is 14.7 Å². The molecule has 6 heteroatoms.